The molecule has 0 spiro atoms. The number of hydrogen-bond acceptors (Lipinski definition) is 1. The molecule has 0 aliphatic carbocycles. The summed E-state index contributed by atoms with van der Waals surface area (Å²) in [4.78, 5) is -0.160. The van der Waals surface area contributed by atoms with Crippen LogP contribution >= 0.6 is 11.6 Å². The predicted octanol–water partition coefficient (Wildman–Crippen LogP) is 4.67. The van der Waals surface area contributed by atoms with Gasteiger partial charge in [-0.15, -0.1) is 11.6 Å². The number of benzene rings is 1. The van der Waals surface area contributed by atoms with E-state index in [9.17, 15) is 0 Å². The van der Waals surface area contributed by atoms with Crippen molar-refractivity contribution in [3.05, 3.63) is 35.4 Å². The van der Waals surface area contributed by atoms with Gasteiger partial charge in [0.2, 0.25) is 0 Å². The second-order valence-electron chi connectivity index (χ2n) is 3.68. The van der Waals surface area contributed by atoms with E-state index in [1.807, 2.05) is 0 Å². The van der Waals surface area contributed by atoms with Crippen molar-refractivity contribution in [1.82, 2.24) is 6.15 Å². The summed E-state index contributed by atoms with van der Waals surface area (Å²) in [6, 6.07) is 8.51. The summed E-state index contributed by atoms with van der Waals surface area (Å²) in [5.41, 5.74) is 2.69. The van der Waals surface area contributed by atoms with Gasteiger partial charge >= 0.3 is 0 Å². The maximum atomic E-state index is 6.62. The quantitative estimate of drug-likeness (QED) is 0.746. The van der Waals surface area contributed by atoms with Gasteiger partial charge in [-0.2, -0.15) is 0 Å². The molecule has 15 heavy (non-hydrogen) atoms. The Labute approximate surface area is 98.4 Å². The summed E-state index contributed by atoms with van der Waals surface area (Å²) in [7, 11) is 0. The van der Waals surface area contributed by atoms with Gasteiger partial charge in [-0.25, -0.2) is 0 Å². The minimum atomic E-state index is -0.160. The van der Waals surface area contributed by atoms with Crippen molar-refractivity contribution in [2.24, 2.45) is 0 Å². The molecule has 3 N–H and O–H groups in total. The Kier molecular flexibility index (Phi) is 5.92. The third kappa shape index (κ3) is 2.96. The van der Waals surface area contributed by atoms with Crippen molar-refractivity contribution in [2.75, 3.05) is 0 Å². The molecule has 1 aromatic rings. The van der Waals surface area contributed by atoms with Gasteiger partial charge in [0, 0.05) is 0 Å². The third-order valence-electron chi connectivity index (χ3n) is 3.00. The van der Waals surface area contributed by atoms with E-state index in [-0.39, 0.29) is 11.0 Å². The highest BCUT2D eigenvalue weighted by molar-refractivity contribution is 6.24. The van der Waals surface area contributed by atoms with Crippen LogP contribution < -0.4 is 6.15 Å². The maximum Gasteiger partial charge on any atom is 0.0692 e. The first-order valence-electron chi connectivity index (χ1n) is 5.45. The molecule has 1 rings (SSSR count). The van der Waals surface area contributed by atoms with Crippen molar-refractivity contribution in [2.45, 2.75) is 44.9 Å². The molecular weight excluding hydrogens is 206 g/mol. The van der Waals surface area contributed by atoms with Crippen molar-refractivity contribution >= 4 is 11.6 Å². The summed E-state index contributed by atoms with van der Waals surface area (Å²) < 4.78 is 0. The summed E-state index contributed by atoms with van der Waals surface area (Å²) >= 11 is 6.62. The first-order chi connectivity index (χ1) is 6.68. The largest absolute Gasteiger partial charge is 0.344 e. The summed E-state index contributed by atoms with van der Waals surface area (Å²) in [6.07, 6.45) is 3.04. The normalized spacial score (nSPS) is 10.9. The minimum absolute atomic E-state index is 0. The first kappa shape index (κ1) is 14.5. The van der Waals surface area contributed by atoms with E-state index in [1.54, 1.807) is 0 Å². The lowest BCUT2D eigenvalue weighted by Gasteiger charge is -2.27. The molecule has 0 amide bonds. The van der Waals surface area contributed by atoms with Crippen molar-refractivity contribution in [1.29, 1.82) is 0 Å². The highest BCUT2D eigenvalue weighted by atomic mass is 35.5. The van der Waals surface area contributed by atoms with E-state index in [2.05, 4.69) is 45.0 Å². The van der Waals surface area contributed by atoms with Gasteiger partial charge in [-0.05, 0) is 30.4 Å². The lowest BCUT2D eigenvalue weighted by molar-refractivity contribution is 0.561. The third-order valence-corrected chi connectivity index (χ3v) is 3.74. The molecule has 86 valence electrons. The van der Waals surface area contributed by atoms with Crippen LogP contribution in [-0.4, -0.2) is 0 Å². The van der Waals surface area contributed by atoms with E-state index < -0.39 is 0 Å². The summed E-state index contributed by atoms with van der Waals surface area (Å²) in [5, 5.41) is 0. The highest BCUT2D eigenvalue weighted by Gasteiger charge is 2.26. The lowest BCUT2D eigenvalue weighted by atomic mass is 9.88. The zero-order chi connectivity index (χ0) is 10.6. The average Bonchev–Trinajstić information content (AvgIpc) is 2.28. The number of rotatable bonds is 4. The van der Waals surface area contributed by atoms with Crippen LogP contribution in [0.3, 0.4) is 0 Å². The molecule has 0 atom stereocenters. The van der Waals surface area contributed by atoms with Crippen LogP contribution in [0.4, 0.5) is 0 Å². The zero-order valence-corrected chi connectivity index (χ0v) is 10.8. The van der Waals surface area contributed by atoms with E-state index in [4.69, 9.17) is 11.6 Å². The standard InChI is InChI=1S/C13H19Cl.H3N/c1-4-11-9-7-8-10-12(11)13(14,5-2)6-3;/h7-10H,4-6H2,1-3H3;1H3. The van der Waals surface area contributed by atoms with E-state index in [0.717, 1.165) is 19.3 Å². The van der Waals surface area contributed by atoms with Crippen LogP contribution in [0.1, 0.15) is 44.7 Å². The Morgan fingerprint density at radius 1 is 1.07 bits per heavy atom. The number of alkyl halides is 1. The van der Waals surface area contributed by atoms with E-state index >= 15 is 0 Å². The van der Waals surface area contributed by atoms with Crippen LogP contribution in [-0.2, 0) is 11.3 Å². The van der Waals surface area contributed by atoms with Crippen molar-refractivity contribution in [3.63, 3.8) is 0 Å². The fourth-order valence-corrected chi connectivity index (χ4v) is 2.08. The molecule has 1 aromatic carbocycles. The van der Waals surface area contributed by atoms with Gasteiger partial charge in [0.25, 0.3) is 0 Å². The Hall–Kier alpha value is -0.530. The monoisotopic (exact) mass is 227 g/mol. The number of hydrogen-bond donors (Lipinski definition) is 1. The molecule has 0 radical (unpaired) electrons. The van der Waals surface area contributed by atoms with Crippen molar-refractivity contribution < 1.29 is 0 Å². The van der Waals surface area contributed by atoms with Gasteiger partial charge in [0.1, 0.15) is 0 Å². The molecule has 0 unspecified atom stereocenters. The molecule has 0 fully saturated rings. The predicted molar refractivity (Wildman–Crippen MR) is 69.0 cm³/mol. The van der Waals surface area contributed by atoms with Gasteiger partial charge < -0.3 is 6.15 Å². The Bertz CT molecular complexity index is 292. The summed E-state index contributed by atoms with van der Waals surface area (Å²) in [5.74, 6) is 0. The second-order valence-corrected chi connectivity index (χ2v) is 4.41. The van der Waals surface area contributed by atoms with E-state index in [0.29, 0.717) is 0 Å². The molecule has 0 saturated heterocycles. The van der Waals surface area contributed by atoms with E-state index in [1.165, 1.54) is 11.1 Å². The minimum Gasteiger partial charge on any atom is -0.344 e. The number of halogens is 1. The fraction of sp³-hybridized carbons (Fsp3) is 0.538. The topological polar surface area (TPSA) is 35.0 Å². The van der Waals surface area contributed by atoms with Gasteiger partial charge in [0.15, 0.2) is 0 Å². The van der Waals surface area contributed by atoms with Crippen LogP contribution in [0.2, 0.25) is 0 Å². The average molecular weight is 228 g/mol. The molecule has 0 aliphatic rings. The molecule has 0 bridgehead atoms. The smallest absolute Gasteiger partial charge is 0.0692 e. The highest BCUT2D eigenvalue weighted by Crippen LogP contribution is 2.37. The SMILES string of the molecule is CCc1ccccc1C(Cl)(CC)CC.N. The number of aryl methyl sites for hydroxylation is 1. The van der Waals surface area contributed by atoms with Gasteiger partial charge in [-0.3, -0.25) is 0 Å². The first-order valence-corrected chi connectivity index (χ1v) is 5.83. The molecular formula is C13H22ClN. The maximum absolute atomic E-state index is 6.62. The molecule has 0 saturated carbocycles. The molecule has 0 heterocycles. The summed E-state index contributed by atoms with van der Waals surface area (Å²) in [6.45, 7) is 6.49. The van der Waals surface area contributed by atoms with Gasteiger partial charge in [0.05, 0.1) is 4.87 Å². The van der Waals surface area contributed by atoms with Crippen LogP contribution in [0.15, 0.2) is 24.3 Å². The second kappa shape index (κ2) is 6.14. The van der Waals surface area contributed by atoms with Crippen LogP contribution in [0.25, 0.3) is 0 Å². The zero-order valence-electron chi connectivity index (χ0n) is 10.0. The Balaban J connectivity index is 0.00000196. The lowest BCUT2D eigenvalue weighted by Crippen LogP contribution is -2.18. The van der Waals surface area contributed by atoms with Gasteiger partial charge in [-0.1, -0.05) is 45.0 Å². The Morgan fingerprint density at radius 3 is 2.07 bits per heavy atom. The molecule has 1 nitrogen and oxygen atoms in total. The fourth-order valence-electron chi connectivity index (χ4n) is 1.90. The van der Waals surface area contributed by atoms with Crippen LogP contribution in [0.5, 0.6) is 0 Å². The molecule has 0 aromatic heterocycles. The van der Waals surface area contributed by atoms with Crippen molar-refractivity contribution in [3.8, 4) is 0 Å². The van der Waals surface area contributed by atoms with Crippen LogP contribution in [0, 0.1) is 0 Å². The Morgan fingerprint density at radius 2 is 1.60 bits per heavy atom. The molecule has 0 aliphatic heterocycles. The molecule has 2 heteroatoms.